The van der Waals surface area contributed by atoms with E-state index < -0.39 is 0 Å². The van der Waals surface area contributed by atoms with Gasteiger partial charge in [0.15, 0.2) is 5.13 Å². The van der Waals surface area contributed by atoms with Crippen molar-refractivity contribution in [3.8, 4) is 0 Å². The maximum Gasteiger partial charge on any atom is 0.265 e. The van der Waals surface area contributed by atoms with Gasteiger partial charge < -0.3 is 21.7 Å². The third-order valence-corrected chi connectivity index (χ3v) is 4.18. The summed E-state index contributed by atoms with van der Waals surface area (Å²) in [5, 5.41) is 9.95. The number of carbonyl (C=O) groups excluding carboxylic acids is 1. The number of hydrogen-bond acceptors (Lipinski definition) is 6. The smallest absolute Gasteiger partial charge is 0.265 e. The van der Waals surface area contributed by atoms with Crippen LogP contribution in [0.5, 0.6) is 0 Å². The fraction of sp³-hybridized carbons (Fsp3) is 0.667. The van der Waals surface area contributed by atoms with Crippen molar-refractivity contribution < 1.29 is 4.79 Å². The lowest BCUT2D eigenvalue weighted by Crippen LogP contribution is -2.27. The fourth-order valence-electron chi connectivity index (χ4n) is 1.83. The van der Waals surface area contributed by atoms with Crippen LogP contribution in [0.25, 0.3) is 0 Å². The molecule has 0 radical (unpaired) electrons. The molecular formula is C12H21N5OS. The summed E-state index contributed by atoms with van der Waals surface area (Å²) in [6.45, 7) is 1.52. The molecule has 106 valence electrons. The van der Waals surface area contributed by atoms with Gasteiger partial charge in [0.05, 0.1) is 0 Å². The largest absolute Gasteiger partial charge is 0.382 e. The molecule has 0 atom stereocenters. The fourth-order valence-corrected chi connectivity index (χ4v) is 2.71. The van der Waals surface area contributed by atoms with E-state index in [0.717, 1.165) is 18.1 Å². The lowest BCUT2D eigenvalue weighted by molar-refractivity contribution is 0.0958. The van der Waals surface area contributed by atoms with Crippen molar-refractivity contribution in [3.63, 3.8) is 0 Å². The van der Waals surface area contributed by atoms with Gasteiger partial charge in [-0.25, -0.2) is 4.98 Å². The van der Waals surface area contributed by atoms with Crippen LogP contribution in [-0.2, 0) is 0 Å². The van der Waals surface area contributed by atoms with Gasteiger partial charge in [0.2, 0.25) is 0 Å². The number of carbonyl (C=O) groups is 1. The van der Waals surface area contributed by atoms with Gasteiger partial charge in [0.25, 0.3) is 5.91 Å². The predicted octanol–water partition coefficient (Wildman–Crippen LogP) is 1.03. The third-order valence-electron chi connectivity index (χ3n) is 3.18. The summed E-state index contributed by atoms with van der Waals surface area (Å²) in [4.78, 5) is 16.7. The van der Waals surface area contributed by atoms with Crippen molar-refractivity contribution >= 4 is 28.2 Å². The quantitative estimate of drug-likeness (QED) is 0.561. The van der Waals surface area contributed by atoms with Crippen molar-refractivity contribution in [2.45, 2.75) is 31.7 Å². The normalized spacial score (nSPS) is 15.0. The number of anilines is 2. The Labute approximate surface area is 117 Å². The highest BCUT2D eigenvalue weighted by Gasteiger charge is 2.21. The zero-order valence-electron chi connectivity index (χ0n) is 11.2. The Balaban J connectivity index is 1.85. The number of amides is 1. The van der Waals surface area contributed by atoms with E-state index >= 15 is 0 Å². The number of hydrogen-bond donors (Lipinski definition) is 4. The first-order chi connectivity index (χ1) is 9.20. The molecule has 0 unspecified atom stereocenters. The molecule has 0 spiro atoms. The standard InChI is InChI=1S/C12H21N5OS/c1-14-6-3-7-15-11(18)9-10(13)17-12(19-9)16-8-4-2-5-8/h8,14H,2-7,13H2,1H3,(H,15,18)(H,16,17). The highest BCUT2D eigenvalue weighted by atomic mass is 32.1. The van der Waals surface area contributed by atoms with Crippen LogP contribution in [0.1, 0.15) is 35.4 Å². The molecule has 0 saturated heterocycles. The van der Waals surface area contributed by atoms with Crippen molar-refractivity contribution in [2.75, 3.05) is 31.2 Å². The molecular weight excluding hydrogens is 262 g/mol. The SMILES string of the molecule is CNCCCNC(=O)c1sc(NC2CCC2)nc1N. The van der Waals surface area contributed by atoms with E-state index in [1.54, 1.807) is 0 Å². The summed E-state index contributed by atoms with van der Waals surface area (Å²) in [6, 6.07) is 0.497. The Morgan fingerprint density at radius 3 is 2.89 bits per heavy atom. The van der Waals surface area contributed by atoms with E-state index in [9.17, 15) is 4.79 Å². The van der Waals surface area contributed by atoms with Gasteiger partial charge in [-0.3, -0.25) is 4.79 Å². The molecule has 0 bridgehead atoms. The molecule has 7 heteroatoms. The molecule has 1 saturated carbocycles. The van der Waals surface area contributed by atoms with Crippen molar-refractivity contribution in [3.05, 3.63) is 4.88 Å². The van der Waals surface area contributed by atoms with Crippen LogP contribution in [0.3, 0.4) is 0 Å². The van der Waals surface area contributed by atoms with E-state index in [-0.39, 0.29) is 5.91 Å². The molecule has 0 aliphatic heterocycles. The minimum Gasteiger partial charge on any atom is -0.382 e. The second-order valence-electron chi connectivity index (χ2n) is 4.72. The Kier molecular flexibility index (Phi) is 4.98. The van der Waals surface area contributed by atoms with Gasteiger partial charge in [0, 0.05) is 12.6 Å². The van der Waals surface area contributed by atoms with Crippen molar-refractivity contribution in [1.82, 2.24) is 15.6 Å². The molecule has 5 N–H and O–H groups in total. The van der Waals surface area contributed by atoms with Crippen LogP contribution in [0.2, 0.25) is 0 Å². The number of aromatic nitrogens is 1. The number of nitrogens with one attached hydrogen (secondary N) is 3. The van der Waals surface area contributed by atoms with Gasteiger partial charge in [0.1, 0.15) is 10.7 Å². The molecule has 1 aromatic heterocycles. The van der Waals surface area contributed by atoms with Crippen LogP contribution in [0, 0.1) is 0 Å². The molecule has 6 nitrogen and oxygen atoms in total. The van der Waals surface area contributed by atoms with Crippen LogP contribution >= 0.6 is 11.3 Å². The molecule has 2 rings (SSSR count). The first-order valence-corrected chi connectivity index (χ1v) is 7.48. The molecule has 1 fully saturated rings. The maximum atomic E-state index is 11.9. The molecule has 1 aliphatic rings. The Morgan fingerprint density at radius 2 is 2.26 bits per heavy atom. The molecule has 19 heavy (non-hydrogen) atoms. The second kappa shape index (κ2) is 6.72. The topological polar surface area (TPSA) is 92.1 Å². The number of nitrogens with two attached hydrogens (primary N) is 1. The first-order valence-electron chi connectivity index (χ1n) is 6.66. The summed E-state index contributed by atoms with van der Waals surface area (Å²) in [5.41, 5.74) is 5.79. The van der Waals surface area contributed by atoms with Crippen LogP contribution in [-0.4, -0.2) is 37.1 Å². The average Bonchev–Trinajstić information content (AvgIpc) is 2.71. The predicted molar refractivity (Wildman–Crippen MR) is 78.7 cm³/mol. The Morgan fingerprint density at radius 1 is 1.47 bits per heavy atom. The zero-order valence-corrected chi connectivity index (χ0v) is 12.0. The van der Waals surface area contributed by atoms with Gasteiger partial charge in [-0.2, -0.15) is 0 Å². The number of rotatable bonds is 7. The van der Waals surface area contributed by atoms with Crippen LogP contribution in [0.4, 0.5) is 10.9 Å². The zero-order chi connectivity index (χ0) is 13.7. The third kappa shape index (κ3) is 3.81. The second-order valence-corrected chi connectivity index (χ2v) is 5.72. The van der Waals surface area contributed by atoms with E-state index in [1.807, 2.05) is 7.05 Å². The molecule has 1 amide bonds. The van der Waals surface area contributed by atoms with Gasteiger partial charge in [-0.05, 0) is 39.3 Å². The van der Waals surface area contributed by atoms with Crippen molar-refractivity contribution in [1.29, 1.82) is 0 Å². The summed E-state index contributed by atoms with van der Waals surface area (Å²) < 4.78 is 0. The van der Waals surface area contributed by atoms with Crippen LogP contribution in [0.15, 0.2) is 0 Å². The summed E-state index contributed by atoms with van der Waals surface area (Å²) in [7, 11) is 1.89. The summed E-state index contributed by atoms with van der Waals surface area (Å²) in [5.74, 6) is 0.186. The maximum absolute atomic E-state index is 11.9. The summed E-state index contributed by atoms with van der Waals surface area (Å²) in [6.07, 6.45) is 4.50. The highest BCUT2D eigenvalue weighted by molar-refractivity contribution is 7.18. The van der Waals surface area contributed by atoms with Crippen LogP contribution < -0.4 is 21.7 Å². The number of nitrogens with zero attached hydrogens (tertiary/aromatic N) is 1. The summed E-state index contributed by atoms with van der Waals surface area (Å²) >= 11 is 1.33. The van der Waals surface area contributed by atoms with Crippen molar-refractivity contribution in [2.24, 2.45) is 0 Å². The minimum absolute atomic E-state index is 0.132. The Bertz CT molecular complexity index is 430. The molecule has 0 aromatic carbocycles. The lowest BCUT2D eigenvalue weighted by Gasteiger charge is -2.25. The first kappa shape index (κ1) is 14.1. The van der Waals surface area contributed by atoms with E-state index in [2.05, 4.69) is 20.9 Å². The lowest BCUT2D eigenvalue weighted by atomic mass is 9.93. The molecule has 1 aromatic rings. The van der Waals surface area contributed by atoms with E-state index in [4.69, 9.17) is 5.73 Å². The monoisotopic (exact) mass is 283 g/mol. The molecule has 1 heterocycles. The van der Waals surface area contributed by atoms with Gasteiger partial charge in [-0.1, -0.05) is 11.3 Å². The highest BCUT2D eigenvalue weighted by Crippen LogP contribution is 2.29. The number of nitrogen functional groups attached to an aromatic ring is 1. The van der Waals surface area contributed by atoms with Gasteiger partial charge >= 0.3 is 0 Å². The number of thiazole rings is 1. The molecule has 1 aliphatic carbocycles. The minimum atomic E-state index is -0.132. The van der Waals surface area contributed by atoms with E-state index in [0.29, 0.717) is 23.3 Å². The average molecular weight is 283 g/mol. The van der Waals surface area contributed by atoms with Gasteiger partial charge in [-0.15, -0.1) is 0 Å². The van der Waals surface area contributed by atoms with E-state index in [1.165, 1.54) is 30.6 Å². The Hall–Kier alpha value is -1.34.